The van der Waals surface area contributed by atoms with E-state index in [1.807, 2.05) is 6.07 Å². The van der Waals surface area contributed by atoms with Crippen molar-refractivity contribution in [2.45, 2.75) is 0 Å². The quantitative estimate of drug-likeness (QED) is 0.326. The van der Waals surface area contributed by atoms with Crippen LogP contribution < -0.4 is 14.8 Å². The lowest BCUT2D eigenvalue weighted by Gasteiger charge is -2.12. The molecule has 0 aliphatic carbocycles. The summed E-state index contributed by atoms with van der Waals surface area (Å²) in [6.45, 7) is -0.226. The summed E-state index contributed by atoms with van der Waals surface area (Å²) in [4.78, 5) is 28.4. The van der Waals surface area contributed by atoms with Crippen LogP contribution in [0.15, 0.2) is 72.8 Å². The molecule has 7 nitrogen and oxygen atoms in total. The number of carboxylic acids is 1. The number of hydrogen-bond donors (Lipinski definition) is 2. The molecule has 8 heteroatoms. The van der Waals surface area contributed by atoms with E-state index in [-0.39, 0.29) is 18.1 Å². The molecule has 0 fully saturated rings. The fraction of sp³-hybridized carbons (Fsp3) is 0.0741. The van der Waals surface area contributed by atoms with E-state index >= 15 is 0 Å². The Morgan fingerprint density at radius 2 is 1.77 bits per heavy atom. The standard InChI is InChI=1S/C27H21ClN2O5/c1-34-25-14-17(10-12-18-15-20(27(32)33)19-6-2-4-8-22(19)29-18)11-13-24(25)35-16-26(31)30-23-9-5-3-7-21(23)28/h2-15H,16H2,1H3,(H,30,31)(H,32,33). The van der Waals surface area contributed by atoms with Crippen molar-refractivity contribution in [1.82, 2.24) is 4.98 Å². The third-order valence-electron chi connectivity index (χ3n) is 5.11. The Hall–Kier alpha value is -4.36. The van der Waals surface area contributed by atoms with E-state index in [1.165, 1.54) is 13.2 Å². The second-order valence-corrected chi connectivity index (χ2v) is 7.88. The van der Waals surface area contributed by atoms with Crippen molar-refractivity contribution in [3.8, 4) is 11.5 Å². The first kappa shape index (κ1) is 23.8. The molecule has 35 heavy (non-hydrogen) atoms. The molecule has 4 aromatic rings. The summed E-state index contributed by atoms with van der Waals surface area (Å²) >= 11 is 6.06. The lowest BCUT2D eigenvalue weighted by molar-refractivity contribution is -0.118. The van der Waals surface area contributed by atoms with Gasteiger partial charge in [0.25, 0.3) is 5.91 Å². The topological polar surface area (TPSA) is 97.8 Å². The summed E-state index contributed by atoms with van der Waals surface area (Å²) in [5.74, 6) is -0.535. The number of pyridine rings is 1. The Balaban J connectivity index is 1.48. The van der Waals surface area contributed by atoms with Gasteiger partial charge in [-0.05, 0) is 48.0 Å². The number of para-hydroxylation sites is 2. The number of carboxylic acid groups (broad SMARTS) is 1. The molecule has 1 amide bonds. The smallest absolute Gasteiger partial charge is 0.336 e. The summed E-state index contributed by atoms with van der Waals surface area (Å²) in [5, 5.41) is 13.3. The molecule has 0 aliphatic rings. The predicted octanol–water partition coefficient (Wildman–Crippen LogP) is 5.78. The van der Waals surface area contributed by atoms with Gasteiger partial charge in [-0.15, -0.1) is 0 Å². The zero-order chi connectivity index (χ0) is 24.8. The minimum Gasteiger partial charge on any atom is -0.493 e. The molecule has 0 saturated carbocycles. The van der Waals surface area contributed by atoms with E-state index in [1.54, 1.807) is 72.8 Å². The number of methoxy groups -OCH3 is 1. The molecule has 0 atom stereocenters. The Kier molecular flexibility index (Phi) is 7.28. The number of halogens is 1. The third-order valence-corrected chi connectivity index (χ3v) is 5.44. The number of carbonyl (C=O) groups is 2. The molecule has 0 aliphatic heterocycles. The molecule has 4 rings (SSSR count). The predicted molar refractivity (Wildman–Crippen MR) is 136 cm³/mol. The number of carbonyl (C=O) groups excluding carboxylic acids is 1. The number of anilines is 1. The summed E-state index contributed by atoms with van der Waals surface area (Å²) in [7, 11) is 1.50. The van der Waals surface area contributed by atoms with E-state index in [0.29, 0.717) is 38.8 Å². The number of nitrogens with zero attached hydrogens (tertiary/aromatic N) is 1. The van der Waals surface area contributed by atoms with Gasteiger partial charge in [0.05, 0.1) is 34.6 Å². The Morgan fingerprint density at radius 3 is 2.54 bits per heavy atom. The maximum Gasteiger partial charge on any atom is 0.336 e. The average molecular weight is 489 g/mol. The van der Waals surface area contributed by atoms with E-state index in [4.69, 9.17) is 21.1 Å². The molecule has 1 aromatic heterocycles. The number of aromatic carboxylic acids is 1. The van der Waals surface area contributed by atoms with Crippen LogP contribution in [0.5, 0.6) is 11.5 Å². The second kappa shape index (κ2) is 10.7. The van der Waals surface area contributed by atoms with Crippen LogP contribution in [0.25, 0.3) is 23.1 Å². The molecule has 0 bridgehead atoms. The maximum atomic E-state index is 12.2. The van der Waals surface area contributed by atoms with Crippen molar-refractivity contribution < 1.29 is 24.2 Å². The zero-order valence-corrected chi connectivity index (χ0v) is 19.5. The van der Waals surface area contributed by atoms with Gasteiger partial charge in [-0.1, -0.05) is 54.1 Å². The summed E-state index contributed by atoms with van der Waals surface area (Å²) in [5.41, 5.74) is 2.58. The van der Waals surface area contributed by atoms with Crippen molar-refractivity contribution in [2.24, 2.45) is 0 Å². The van der Waals surface area contributed by atoms with Crippen LogP contribution in [-0.2, 0) is 4.79 Å². The third kappa shape index (κ3) is 5.77. The highest BCUT2D eigenvalue weighted by molar-refractivity contribution is 6.33. The largest absolute Gasteiger partial charge is 0.493 e. The SMILES string of the molecule is COc1cc(C=Cc2cc(C(=O)O)c3ccccc3n2)ccc1OCC(=O)Nc1ccccc1Cl. The minimum absolute atomic E-state index is 0.187. The van der Waals surface area contributed by atoms with Gasteiger partial charge in [0.15, 0.2) is 18.1 Å². The summed E-state index contributed by atoms with van der Waals surface area (Å²) in [6.07, 6.45) is 3.52. The molecule has 0 spiro atoms. The van der Waals surface area contributed by atoms with Crippen LogP contribution in [0.2, 0.25) is 5.02 Å². The van der Waals surface area contributed by atoms with Crippen molar-refractivity contribution in [1.29, 1.82) is 0 Å². The van der Waals surface area contributed by atoms with E-state index in [2.05, 4.69) is 10.3 Å². The molecule has 2 N–H and O–H groups in total. The van der Waals surface area contributed by atoms with Crippen LogP contribution >= 0.6 is 11.6 Å². The fourth-order valence-corrected chi connectivity index (χ4v) is 3.62. The molecular formula is C27H21ClN2O5. The highest BCUT2D eigenvalue weighted by Gasteiger charge is 2.12. The number of aromatic nitrogens is 1. The van der Waals surface area contributed by atoms with Gasteiger partial charge in [-0.3, -0.25) is 4.79 Å². The Labute approximate surface area is 206 Å². The molecule has 176 valence electrons. The van der Waals surface area contributed by atoms with Crippen LogP contribution in [0, 0.1) is 0 Å². The number of hydrogen-bond acceptors (Lipinski definition) is 5. The molecule has 0 saturated heterocycles. The van der Waals surface area contributed by atoms with Gasteiger partial charge in [-0.25, -0.2) is 9.78 Å². The van der Waals surface area contributed by atoms with Gasteiger partial charge in [0, 0.05) is 5.39 Å². The van der Waals surface area contributed by atoms with Gasteiger partial charge >= 0.3 is 5.97 Å². The monoisotopic (exact) mass is 488 g/mol. The highest BCUT2D eigenvalue weighted by Crippen LogP contribution is 2.29. The number of benzene rings is 3. The van der Waals surface area contributed by atoms with Crippen LogP contribution in [-0.4, -0.2) is 35.7 Å². The van der Waals surface area contributed by atoms with Crippen molar-refractivity contribution in [3.63, 3.8) is 0 Å². The van der Waals surface area contributed by atoms with Crippen LogP contribution in [0.3, 0.4) is 0 Å². The lowest BCUT2D eigenvalue weighted by Crippen LogP contribution is -2.20. The first-order valence-electron chi connectivity index (χ1n) is 10.6. The van der Waals surface area contributed by atoms with Crippen molar-refractivity contribution in [3.05, 3.63) is 94.6 Å². The Bertz CT molecular complexity index is 1430. The first-order chi connectivity index (χ1) is 16.9. The molecule has 0 unspecified atom stereocenters. The number of ether oxygens (including phenoxy) is 2. The van der Waals surface area contributed by atoms with Gasteiger partial charge in [0.1, 0.15) is 0 Å². The Morgan fingerprint density at radius 1 is 1.00 bits per heavy atom. The molecule has 3 aromatic carbocycles. The average Bonchev–Trinajstić information content (AvgIpc) is 2.87. The summed E-state index contributed by atoms with van der Waals surface area (Å²) < 4.78 is 11.0. The first-order valence-corrected chi connectivity index (χ1v) is 11.0. The van der Waals surface area contributed by atoms with Crippen molar-refractivity contribution in [2.75, 3.05) is 19.0 Å². The fourth-order valence-electron chi connectivity index (χ4n) is 3.44. The number of fused-ring (bicyclic) bond motifs is 1. The normalized spacial score (nSPS) is 10.9. The van der Waals surface area contributed by atoms with Crippen LogP contribution in [0.1, 0.15) is 21.6 Å². The number of rotatable bonds is 8. The van der Waals surface area contributed by atoms with Gasteiger partial charge in [-0.2, -0.15) is 0 Å². The number of nitrogens with one attached hydrogen (secondary N) is 1. The highest BCUT2D eigenvalue weighted by atomic mass is 35.5. The van der Waals surface area contributed by atoms with E-state index in [0.717, 1.165) is 5.56 Å². The van der Waals surface area contributed by atoms with E-state index in [9.17, 15) is 14.7 Å². The summed E-state index contributed by atoms with van der Waals surface area (Å²) in [6, 6.07) is 20.8. The lowest BCUT2D eigenvalue weighted by atomic mass is 10.1. The van der Waals surface area contributed by atoms with Gasteiger partial charge < -0.3 is 19.9 Å². The van der Waals surface area contributed by atoms with E-state index < -0.39 is 5.97 Å². The zero-order valence-electron chi connectivity index (χ0n) is 18.7. The van der Waals surface area contributed by atoms with Crippen LogP contribution in [0.4, 0.5) is 5.69 Å². The van der Waals surface area contributed by atoms with Crippen molar-refractivity contribution >= 4 is 52.2 Å². The maximum absolute atomic E-state index is 12.2. The molecular weight excluding hydrogens is 468 g/mol. The minimum atomic E-state index is -1.01. The number of amides is 1. The second-order valence-electron chi connectivity index (χ2n) is 7.48. The molecule has 0 radical (unpaired) electrons. The molecule has 1 heterocycles. The van der Waals surface area contributed by atoms with Gasteiger partial charge in [0.2, 0.25) is 0 Å².